The molecule has 1 N–H and O–H groups in total. The number of nitrogens with zero attached hydrogens (tertiary/aromatic N) is 1. The second-order valence-electron chi connectivity index (χ2n) is 9.84. The Morgan fingerprint density at radius 3 is 2.42 bits per heavy atom. The molecule has 3 aromatic rings. The van der Waals surface area contributed by atoms with Gasteiger partial charge >= 0.3 is 0 Å². The summed E-state index contributed by atoms with van der Waals surface area (Å²) in [5.74, 6) is 0.944. The van der Waals surface area contributed by atoms with Gasteiger partial charge < -0.3 is 14.8 Å². The van der Waals surface area contributed by atoms with Gasteiger partial charge in [0.2, 0.25) is 5.91 Å². The lowest BCUT2D eigenvalue weighted by molar-refractivity contribution is -0.120. The molecule has 1 aliphatic rings. The van der Waals surface area contributed by atoms with Gasteiger partial charge in [-0.25, -0.2) is 8.42 Å². The third-order valence-electron chi connectivity index (χ3n) is 6.33. The molecular weight excluding hydrogens is 520 g/mol. The summed E-state index contributed by atoms with van der Waals surface area (Å²) in [7, 11) is -4.03. The van der Waals surface area contributed by atoms with Crippen LogP contribution < -0.4 is 19.1 Å². The zero-order valence-corrected chi connectivity index (χ0v) is 24.0. The van der Waals surface area contributed by atoms with Crippen molar-refractivity contribution in [2.75, 3.05) is 23.7 Å². The smallest absolute Gasteiger partial charge is 0.264 e. The first kappa shape index (κ1) is 27.9. The molecule has 0 spiro atoms. The van der Waals surface area contributed by atoms with Crippen molar-refractivity contribution in [1.82, 2.24) is 5.32 Å². The Hall–Kier alpha value is -3.17. The van der Waals surface area contributed by atoms with E-state index in [1.54, 1.807) is 48.5 Å². The van der Waals surface area contributed by atoms with Gasteiger partial charge in [0.1, 0.15) is 23.6 Å². The Balaban J connectivity index is 1.65. The molecule has 0 bridgehead atoms. The standard InChI is InChI=1S/C29H34N2O5S2/c1-6-35-22-10-8-21(9-11-22)31(38(33,34)24-14-12-23(37-5)13-15-24)19-28(32)30-26-18-29(3,4)36-27-16-7-20(2)17-25(26)27/h7-17,26H,6,18-19H2,1-5H3,(H,30,32). The topological polar surface area (TPSA) is 84.9 Å². The van der Waals surface area contributed by atoms with Crippen LogP contribution in [0.15, 0.2) is 76.5 Å². The molecule has 0 saturated carbocycles. The highest BCUT2D eigenvalue weighted by atomic mass is 32.2. The summed E-state index contributed by atoms with van der Waals surface area (Å²) < 4.78 is 40.4. The number of rotatable bonds is 9. The summed E-state index contributed by atoms with van der Waals surface area (Å²) >= 11 is 1.53. The maximum Gasteiger partial charge on any atom is 0.264 e. The predicted molar refractivity (Wildman–Crippen MR) is 152 cm³/mol. The molecule has 0 aromatic heterocycles. The minimum atomic E-state index is -4.03. The molecule has 0 radical (unpaired) electrons. The quantitative estimate of drug-likeness (QED) is 0.340. The Kier molecular flexibility index (Phi) is 8.28. The summed E-state index contributed by atoms with van der Waals surface area (Å²) in [4.78, 5) is 14.5. The van der Waals surface area contributed by atoms with Crippen LogP contribution in [0.1, 0.15) is 44.4 Å². The molecule has 0 saturated heterocycles. The summed E-state index contributed by atoms with van der Waals surface area (Å²) in [6, 6.07) is 19.0. The zero-order chi connectivity index (χ0) is 27.5. The van der Waals surface area contributed by atoms with Gasteiger partial charge in [-0.15, -0.1) is 11.8 Å². The number of carbonyl (C=O) groups excluding carboxylic acids is 1. The van der Waals surface area contributed by atoms with Crippen molar-refractivity contribution in [3.05, 3.63) is 77.9 Å². The van der Waals surface area contributed by atoms with Crippen LogP contribution in [-0.4, -0.2) is 39.3 Å². The van der Waals surface area contributed by atoms with E-state index in [0.717, 1.165) is 26.1 Å². The largest absolute Gasteiger partial charge is 0.494 e. The molecular formula is C29H34N2O5S2. The van der Waals surface area contributed by atoms with Crippen molar-refractivity contribution in [3.63, 3.8) is 0 Å². The molecule has 202 valence electrons. The van der Waals surface area contributed by atoms with Gasteiger partial charge in [0, 0.05) is 16.9 Å². The summed E-state index contributed by atoms with van der Waals surface area (Å²) in [6.07, 6.45) is 2.48. The number of aryl methyl sites for hydroxylation is 1. The highest BCUT2D eigenvalue weighted by Crippen LogP contribution is 2.40. The molecule has 1 amide bonds. The molecule has 3 aromatic carbocycles. The van der Waals surface area contributed by atoms with Gasteiger partial charge in [0.15, 0.2) is 0 Å². The number of hydrogen-bond acceptors (Lipinski definition) is 6. The van der Waals surface area contributed by atoms with Crippen molar-refractivity contribution in [1.29, 1.82) is 0 Å². The number of anilines is 1. The number of nitrogens with one attached hydrogen (secondary N) is 1. The fourth-order valence-corrected chi connectivity index (χ4v) is 6.37. The van der Waals surface area contributed by atoms with E-state index in [0.29, 0.717) is 24.5 Å². The fourth-order valence-electron chi connectivity index (χ4n) is 4.54. The van der Waals surface area contributed by atoms with E-state index >= 15 is 0 Å². The van der Waals surface area contributed by atoms with Crippen LogP contribution in [0.5, 0.6) is 11.5 Å². The average Bonchev–Trinajstić information content (AvgIpc) is 2.88. The minimum absolute atomic E-state index is 0.116. The molecule has 1 aliphatic heterocycles. The van der Waals surface area contributed by atoms with Crippen LogP contribution in [-0.2, 0) is 14.8 Å². The Bertz CT molecular complexity index is 1390. The number of fused-ring (bicyclic) bond motifs is 1. The molecule has 1 unspecified atom stereocenters. The van der Waals surface area contributed by atoms with Crippen molar-refractivity contribution in [2.45, 2.75) is 55.5 Å². The van der Waals surface area contributed by atoms with Crippen LogP contribution in [0.25, 0.3) is 0 Å². The van der Waals surface area contributed by atoms with E-state index in [2.05, 4.69) is 5.32 Å². The van der Waals surface area contributed by atoms with Crippen molar-refractivity contribution in [2.24, 2.45) is 0 Å². The van der Waals surface area contributed by atoms with Crippen LogP contribution >= 0.6 is 11.8 Å². The lowest BCUT2D eigenvalue weighted by Crippen LogP contribution is -2.45. The first-order chi connectivity index (χ1) is 18.0. The second kappa shape index (κ2) is 11.3. The van der Waals surface area contributed by atoms with E-state index in [1.165, 1.54) is 11.8 Å². The van der Waals surface area contributed by atoms with Crippen LogP contribution in [0.4, 0.5) is 5.69 Å². The maximum atomic E-state index is 13.8. The van der Waals surface area contributed by atoms with Gasteiger partial charge in [-0.05, 0) is 88.5 Å². The van der Waals surface area contributed by atoms with E-state index in [9.17, 15) is 13.2 Å². The van der Waals surface area contributed by atoms with Gasteiger partial charge in [-0.1, -0.05) is 17.7 Å². The molecule has 4 rings (SSSR count). The van der Waals surface area contributed by atoms with Gasteiger partial charge in [-0.2, -0.15) is 0 Å². The third-order valence-corrected chi connectivity index (χ3v) is 8.86. The molecule has 0 aliphatic carbocycles. The molecule has 7 nitrogen and oxygen atoms in total. The number of benzene rings is 3. The number of ether oxygens (including phenoxy) is 2. The highest BCUT2D eigenvalue weighted by Gasteiger charge is 2.35. The highest BCUT2D eigenvalue weighted by molar-refractivity contribution is 7.98. The van der Waals surface area contributed by atoms with Crippen molar-refractivity contribution in [3.8, 4) is 11.5 Å². The van der Waals surface area contributed by atoms with Crippen molar-refractivity contribution < 1.29 is 22.7 Å². The van der Waals surface area contributed by atoms with E-state index in [-0.39, 0.29) is 17.5 Å². The van der Waals surface area contributed by atoms with E-state index in [1.807, 2.05) is 52.1 Å². The monoisotopic (exact) mass is 554 g/mol. The lowest BCUT2D eigenvalue weighted by Gasteiger charge is -2.38. The Morgan fingerprint density at radius 2 is 1.79 bits per heavy atom. The summed E-state index contributed by atoms with van der Waals surface area (Å²) in [6.45, 7) is 7.94. The first-order valence-corrected chi connectivity index (χ1v) is 15.2. The number of thioether (sulfide) groups is 1. The van der Waals surface area contributed by atoms with Gasteiger partial charge in [0.25, 0.3) is 10.0 Å². The lowest BCUT2D eigenvalue weighted by atomic mass is 9.89. The number of hydrogen-bond donors (Lipinski definition) is 1. The molecule has 38 heavy (non-hydrogen) atoms. The van der Waals surface area contributed by atoms with Gasteiger partial charge in [-0.3, -0.25) is 9.10 Å². The SMILES string of the molecule is CCOc1ccc(N(CC(=O)NC2CC(C)(C)Oc3ccc(C)cc32)S(=O)(=O)c2ccc(SC)cc2)cc1. The minimum Gasteiger partial charge on any atom is -0.494 e. The third kappa shape index (κ3) is 6.27. The first-order valence-electron chi connectivity index (χ1n) is 12.5. The van der Waals surface area contributed by atoms with Crippen LogP contribution in [0, 0.1) is 6.92 Å². The number of sulfonamides is 1. The molecule has 1 atom stereocenters. The Labute approximate surface area is 229 Å². The maximum absolute atomic E-state index is 13.8. The Morgan fingerprint density at radius 1 is 1.11 bits per heavy atom. The molecule has 1 heterocycles. The normalized spacial score (nSPS) is 16.2. The molecule has 0 fully saturated rings. The number of carbonyl (C=O) groups is 1. The number of amides is 1. The van der Waals surface area contributed by atoms with Gasteiger partial charge in [0.05, 0.1) is 23.2 Å². The van der Waals surface area contributed by atoms with E-state index in [4.69, 9.17) is 9.47 Å². The van der Waals surface area contributed by atoms with Crippen molar-refractivity contribution >= 4 is 33.4 Å². The summed E-state index contributed by atoms with van der Waals surface area (Å²) in [5.41, 5.74) is 1.83. The second-order valence-corrected chi connectivity index (χ2v) is 12.6. The van der Waals surface area contributed by atoms with Crippen LogP contribution in [0.2, 0.25) is 0 Å². The fraction of sp³-hybridized carbons (Fsp3) is 0.345. The van der Waals surface area contributed by atoms with E-state index < -0.39 is 21.5 Å². The average molecular weight is 555 g/mol. The summed E-state index contributed by atoms with van der Waals surface area (Å²) in [5, 5.41) is 3.08. The zero-order valence-electron chi connectivity index (χ0n) is 22.4. The predicted octanol–water partition coefficient (Wildman–Crippen LogP) is 5.73. The van der Waals surface area contributed by atoms with Crippen LogP contribution in [0.3, 0.4) is 0 Å². The molecule has 9 heteroatoms.